The first-order valence-electron chi connectivity index (χ1n) is 9.51. The molecule has 3 heterocycles. The van der Waals surface area contributed by atoms with Crippen LogP contribution in [-0.2, 0) is 0 Å². The van der Waals surface area contributed by atoms with E-state index in [9.17, 15) is 13.6 Å². The van der Waals surface area contributed by atoms with E-state index in [0.29, 0.717) is 39.8 Å². The van der Waals surface area contributed by atoms with Gasteiger partial charge in [-0.2, -0.15) is 0 Å². The Morgan fingerprint density at radius 1 is 1.17 bits per heavy atom. The molecule has 0 atom stereocenters. The number of thiazole rings is 1. The van der Waals surface area contributed by atoms with Gasteiger partial charge in [-0.25, -0.2) is 18.7 Å². The zero-order chi connectivity index (χ0) is 21.4. The third-order valence-electron chi connectivity index (χ3n) is 4.77. The number of anilines is 1. The fourth-order valence-corrected chi connectivity index (χ4v) is 4.42. The summed E-state index contributed by atoms with van der Waals surface area (Å²) in [6.45, 7) is 2.94. The van der Waals surface area contributed by atoms with Crippen molar-refractivity contribution in [1.29, 1.82) is 0 Å². The Kier molecular flexibility index (Phi) is 5.48. The van der Waals surface area contributed by atoms with Crippen molar-refractivity contribution in [2.45, 2.75) is 13.3 Å². The molecule has 0 saturated carbocycles. The quantitative estimate of drug-likeness (QED) is 0.463. The molecule has 9 heteroatoms. The lowest BCUT2D eigenvalue weighted by atomic mass is 10.3. The Labute approximate surface area is 176 Å². The van der Waals surface area contributed by atoms with Crippen molar-refractivity contribution in [2.75, 3.05) is 32.1 Å². The number of pyridine rings is 1. The van der Waals surface area contributed by atoms with Crippen molar-refractivity contribution in [3.8, 4) is 0 Å². The second-order valence-corrected chi connectivity index (χ2v) is 8.33. The van der Waals surface area contributed by atoms with Crippen molar-refractivity contribution < 1.29 is 13.6 Å². The molecule has 0 unspecified atom stereocenters. The van der Waals surface area contributed by atoms with Crippen LogP contribution >= 0.6 is 11.3 Å². The SMILES string of the molecule is Cc1nc2ccccn2c1C(=O)N(CCCN(C)C)c1nc2c(F)cc(F)cc2s1. The minimum absolute atomic E-state index is 0.0664. The van der Waals surface area contributed by atoms with Crippen molar-refractivity contribution in [3.63, 3.8) is 0 Å². The lowest BCUT2D eigenvalue weighted by Gasteiger charge is -2.21. The molecule has 4 rings (SSSR count). The monoisotopic (exact) mass is 429 g/mol. The first-order valence-corrected chi connectivity index (χ1v) is 10.3. The summed E-state index contributed by atoms with van der Waals surface area (Å²) in [6.07, 6.45) is 2.48. The van der Waals surface area contributed by atoms with Gasteiger partial charge in [0.05, 0.1) is 10.4 Å². The summed E-state index contributed by atoms with van der Waals surface area (Å²) in [5, 5.41) is 0.337. The summed E-state index contributed by atoms with van der Waals surface area (Å²) < 4.78 is 30.0. The number of amides is 1. The van der Waals surface area contributed by atoms with E-state index in [-0.39, 0.29) is 11.4 Å². The number of carbonyl (C=O) groups excluding carboxylic acids is 1. The van der Waals surface area contributed by atoms with Crippen molar-refractivity contribution in [2.24, 2.45) is 0 Å². The fraction of sp³-hybridized carbons (Fsp3) is 0.286. The van der Waals surface area contributed by atoms with Crippen LogP contribution in [0.2, 0.25) is 0 Å². The molecule has 0 aliphatic heterocycles. The second-order valence-electron chi connectivity index (χ2n) is 7.32. The first-order chi connectivity index (χ1) is 14.3. The number of nitrogens with zero attached hydrogens (tertiary/aromatic N) is 5. The average Bonchev–Trinajstić information content (AvgIpc) is 3.24. The first kappa shape index (κ1) is 20.4. The van der Waals surface area contributed by atoms with E-state index in [0.717, 1.165) is 23.9 Å². The number of halogens is 2. The standard InChI is InChI=1S/C21H21F2N5OS/c1-13-19(27-9-5-4-7-17(27)24-13)20(29)28(10-6-8-26(2)3)21-25-18-15(23)11-14(22)12-16(18)30-21/h4-5,7,9,11-12H,6,8,10H2,1-3H3. The van der Waals surface area contributed by atoms with Gasteiger partial charge in [-0.3, -0.25) is 14.1 Å². The molecule has 4 aromatic rings. The Hall–Kier alpha value is -2.91. The maximum atomic E-state index is 14.2. The number of fused-ring (bicyclic) bond motifs is 2. The molecule has 0 saturated heterocycles. The maximum Gasteiger partial charge on any atom is 0.278 e. The summed E-state index contributed by atoms with van der Waals surface area (Å²) >= 11 is 1.10. The molecule has 30 heavy (non-hydrogen) atoms. The van der Waals surface area contributed by atoms with E-state index in [4.69, 9.17) is 0 Å². The summed E-state index contributed by atoms with van der Waals surface area (Å²) in [5.74, 6) is -1.68. The molecular formula is C21H21F2N5OS. The van der Waals surface area contributed by atoms with Gasteiger partial charge in [-0.1, -0.05) is 17.4 Å². The van der Waals surface area contributed by atoms with Crippen molar-refractivity contribution in [3.05, 3.63) is 59.6 Å². The molecule has 1 amide bonds. The van der Waals surface area contributed by atoms with Gasteiger partial charge in [0.15, 0.2) is 10.9 Å². The Bertz CT molecular complexity index is 1230. The number of imidazole rings is 1. The molecule has 1 aromatic carbocycles. The third kappa shape index (κ3) is 3.78. The molecule has 0 radical (unpaired) electrons. The normalized spacial score (nSPS) is 11.7. The van der Waals surface area contributed by atoms with E-state index in [1.807, 2.05) is 37.2 Å². The van der Waals surface area contributed by atoms with Crippen LogP contribution in [0.1, 0.15) is 22.6 Å². The molecule has 0 fully saturated rings. The number of rotatable bonds is 6. The molecule has 0 aliphatic carbocycles. The molecule has 156 valence electrons. The minimum Gasteiger partial charge on any atom is -0.309 e. The summed E-state index contributed by atoms with van der Waals surface area (Å²) in [7, 11) is 3.91. The number of hydrogen-bond acceptors (Lipinski definition) is 5. The lowest BCUT2D eigenvalue weighted by molar-refractivity contribution is 0.0979. The van der Waals surface area contributed by atoms with Gasteiger partial charge in [0.2, 0.25) is 0 Å². The molecule has 3 aromatic heterocycles. The molecule has 0 bridgehead atoms. The van der Waals surface area contributed by atoms with Gasteiger partial charge in [0.1, 0.15) is 22.7 Å². The number of carbonyl (C=O) groups is 1. The Balaban J connectivity index is 1.79. The van der Waals surface area contributed by atoms with Gasteiger partial charge in [0.25, 0.3) is 5.91 Å². The van der Waals surface area contributed by atoms with Crippen LogP contribution in [0.25, 0.3) is 15.9 Å². The molecule has 0 spiro atoms. The van der Waals surface area contributed by atoms with E-state index >= 15 is 0 Å². The van der Waals surface area contributed by atoms with Gasteiger partial charge < -0.3 is 4.90 Å². The van der Waals surface area contributed by atoms with E-state index in [2.05, 4.69) is 9.97 Å². The fourth-order valence-electron chi connectivity index (χ4n) is 3.39. The van der Waals surface area contributed by atoms with Crippen LogP contribution in [0.15, 0.2) is 36.5 Å². The highest BCUT2D eigenvalue weighted by Gasteiger charge is 2.26. The van der Waals surface area contributed by atoms with Crippen LogP contribution < -0.4 is 4.90 Å². The molecular weight excluding hydrogens is 408 g/mol. The minimum atomic E-state index is -0.737. The van der Waals surface area contributed by atoms with Crippen LogP contribution in [0.4, 0.5) is 13.9 Å². The van der Waals surface area contributed by atoms with Gasteiger partial charge in [-0.15, -0.1) is 0 Å². The number of aryl methyl sites for hydroxylation is 1. The highest BCUT2D eigenvalue weighted by molar-refractivity contribution is 7.22. The average molecular weight is 429 g/mol. The van der Waals surface area contributed by atoms with Crippen molar-refractivity contribution in [1.82, 2.24) is 19.3 Å². The maximum absolute atomic E-state index is 14.2. The van der Waals surface area contributed by atoms with Crippen LogP contribution in [-0.4, -0.2) is 52.4 Å². The van der Waals surface area contributed by atoms with Crippen molar-refractivity contribution >= 4 is 38.2 Å². The molecule has 0 N–H and O–H groups in total. The summed E-state index contributed by atoms with van der Waals surface area (Å²) in [6, 6.07) is 7.56. The van der Waals surface area contributed by atoms with Crippen LogP contribution in [0, 0.1) is 18.6 Å². The molecule has 6 nitrogen and oxygen atoms in total. The largest absolute Gasteiger partial charge is 0.309 e. The lowest BCUT2D eigenvalue weighted by Crippen LogP contribution is -2.34. The number of benzene rings is 1. The highest BCUT2D eigenvalue weighted by Crippen LogP contribution is 2.32. The predicted molar refractivity (Wildman–Crippen MR) is 114 cm³/mol. The summed E-state index contributed by atoms with van der Waals surface area (Å²) in [5.41, 5.74) is 1.77. The highest BCUT2D eigenvalue weighted by atomic mass is 32.1. The zero-order valence-electron chi connectivity index (χ0n) is 16.9. The van der Waals surface area contributed by atoms with E-state index < -0.39 is 11.6 Å². The van der Waals surface area contributed by atoms with Crippen LogP contribution in [0.3, 0.4) is 0 Å². The zero-order valence-corrected chi connectivity index (χ0v) is 17.7. The smallest absolute Gasteiger partial charge is 0.278 e. The second kappa shape index (κ2) is 8.08. The third-order valence-corrected chi connectivity index (χ3v) is 5.80. The number of hydrogen-bond donors (Lipinski definition) is 0. The van der Waals surface area contributed by atoms with Gasteiger partial charge >= 0.3 is 0 Å². The van der Waals surface area contributed by atoms with Crippen LogP contribution in [0.5, 0.6) is 0 Å². The topological polar surface area (TPSA) is 53.7 Å². The Morgan fingerprint density at radius 3 is 2.73 bits per heavy atom. The van der Waals surface area contributed by atoms with Gasteiger partial charge in [-0.05, 0) is 52.2 Å². The van der Waals surface area contributed by atoms with E-state index in [1.165, 1.54) is 11.0 Å². The Morgan fingerprint density at radius 2 is 1.97 bits per heavy atom. The predicted octanol–water partition coefficient (Wildman–Crippen LogP) is 4.13. The van der Waals surface area contributed by atoms with Gasteiger partial charge in [0, 0.05) is 18.8 Å². The summed E-state index contributed by atoms with van der Waals surface area (Å²) in [4.78, 5) is 26.0. The molecule has 0 aliphatic rings. The van der Waals surface area contributed by atoms with E-state index in [1.54, 1.807) is 17.5 Å². The number of aromatic nitrogens is 3.